The monoisotopic (exact) mass is 329 g/mol. The van der Waals surface area contributed by atoms with Crippen molar-refractivity contribution in [2.24, 2.45) is 0 Å². The summed E-state index contributed by atoms with van der Waals surface area (Å²) in [6.45, 7) is 7.91. The first-order valence-electron chi connectivity index (χ1n) is 8.20. The Morgan fingerprint density at radius 1 is 1.17 bits per heavy atom. The minimum atomic E-state index is -0.608. The third kappa shape index (κ3) is 4.57. The maximum Gasteiger partial charge on any atom is 0.261 e. The van der Waals surface area contributed by atoms with Crippen LogP contribution < -0.4 is 10.1 Å². The quantitative estimate of drug-likeness (QED) is 0.849. The fourth-order valence-electron chi connectivity index (χ4n) is 2.61. The van der Waals surface area contributed by atoms with Crippen molar-refractivity contribution in [3.05, 3.63) is 65.0 Å². The van der Waals surface area contributed by atoms with E-state index in [9.17, 15) is 9.18 Å². The van der Waals surface area contributed by atoms with E-state index < -0.39 is 6.10 Å². The molecule has 0 radical (unpaired) electrons. The van der Waals surface area contributed by atoms with Crippen LogP contribution in [-0.4, -0.2) is 12.0 Å². The second-order valence-electron chi connectivity index (χ2n) is 6.06. The van der Waals surface area contributed by atoms with E-state index in [1.807, 2.05) is 27.7 Å². The number of amides is 1. The fourth-order valence-corrected chi connectivity index (χ4v) is 2.61. The Hall–Kier alpha value is -2.36. The molecule has 0 aliphatic heterocycles. The smallest absolute Gasteiger partial charge is 0.261 e. The molecule has 0 aromatic heterocycles. The van der Waals surface area contributed by atoms with Crippen molar-refractivity contribution in [1.82, 2.24) is 5.32 Å². The minimum Gasteiger partial charge on any atom is -0.481 e. The van der Waals surface area contributed by atoms with Crippen molar-refractivity contribution in [2.75, 3.05) is 0 Å². The highest BCUT2D eigenvalue weighted by atomic mass is 19.1. The number of aryl methyl sites for hydroxylation is 2. The molecule has 128 valence electrons. The predicted molar refractivity (Wildman–Crippen MR) is 93.6 cm³/mol. The first-order chi connectivity index (χ1) is 11.4. The standard InChI is InChI=1S/C20H24FNO2/c1-5-19(24-17-10-8-16(21)9-11-17)20(23)22-15(4)18-12-13(2)6-7-14(18)3/h6-12,15,19H,5H2,1-4H3,(H,22,23)/t15-,19-/m0/s1. The van der Waals surface area contributed by atoms with E-state index in [0.717, 1.165) is 16.7 Å². The Morgan fingerprint density at radius 3 is 2.46 bits per heavy atom. The van der Waals surface area contributed by atoms with Crippen molar-refractivity contribution < 1.29 is 13.9 Å². The van der Waals surface area contributed by atoms with E-state index in [1.54, 1.807) is 0 Å². The number of hydrogen-bond donors (Lipinski definition) is 1. The van der Waals surface area contributed by atoms with Gasteiger partial charge in [0, 0.05) is 0 Å². The van der Waals surface area contributed by atoms with Gasteiger partial charge in [0.15, 0.2) is 6.10 Å². The molecule has 1 N–H and O–H groups in total. The van der Waals surface area contributed by atoms with Crippen LogP contribution in [0.25, 0.3) is 0 Å². The molecule has 3 nitrogen and oxygen atoms in total. The third-order valence-corrected chi connectivity index (χ3v) is 4.02. The van der Waals surface area contributed by atoms with Gasteiger partial charge >= 0.3 is 0 Å². The van der Waals surface area contributed by atoms with E-state index in [4.69, 9.17) is 4.74 Å². The molecule has 2 aromatic rings. The Bertz CT molecular complexity index is 697. The first kappa shape index (κ1) is 18.0. The number of hydrogen-bond acceptors (Lipinski definition) is 2. The van der Waals surface area contributed by atoms with E-state index >= 15 is 0 Å². The molecule has 0 unspecified atom stereocenters. The van der Waals surface area contributed by atoms with Crippen LogP contribution in [0.3, 0.4) is 0 Å². The van der Waals surface area contributed by atoms with Gasteiger partial charge in [0.25, 0.3) is 5.91 Å². The molecule has 24 heavy (non-hydrogen) atoms. The largest absolute Gasteiger partial charge is 0.481 e. The van der Waals surface area contributed by atoms with Gasteiger partial charge in [0.05, 0.1) is 6.04 Å². The summed E-state index contributed by atoms with van der Waals surface area (Å²) in [6, 6.07) is 11.8. The summed E-state index contributed by atoms with van der Waals surface area (Å²) < 4.78 is 18.7. The Morgan fingerprint density at radius 2 is 1.83 bits per heavy atom. The lowest BCUT2D eigenvalue weighted by atomic mass is 10.00. The highest BCUT2D eigenvalue weighted by Crippen LogP contribution is 2.20. The summed E-state index contributed by atoms with van der Waals surface area (Å²) in [7, 11) is 0. The third-order valence-electron chi connectivity index (χ3n) is 4.02. The van der Waals surface area contributed by atoms with E-state index in [-0.39, 0.29) is 17.8 Å². The number of carbonyl (C=O) groups excluding carboxylic acids is 1. The second-order valence-corrected chi connectivity index (χ2v) is 6.06. The topological polar surface area (TPSA) is 38.3 Å². The highest BCUT2D eigenvalue weighted by Gasteiger charge is 2.21. The van der Waals surface area contributed by atoms with Crippen molar-refractivity contribution in [3.8, 4) is 5.75 Å². The van der Waals surface area contributed by atoms with Gasteiger partial charge in [0.2, 0.25) is 0 Å². The molecule has 0 aliphatic carbocycles. The molecule has 0 aliphatic rings. The normalized spacial score (nSPS) is 13.2. The lowest BCUT2D eigenvalue weighted by Gasteiger charge is -2.22. The molecule has 0 fully saturated rings. The minimum absolute atomic E-state index is 0.108. The Labute approximate surface area is 142 Å². The summed E-state index contributed by atoms with van der Waals surface area (Å²) in [6.07, 6.45) is -0.0778. The molecule has 0 heterocycles. The zero-order chi connectivity index (χ0) is 17.7. The van der Waals surface area contributed by atoms with Crippen molar-refractivity contribution in [2.45, 2.75) is 46.3 Å². The predicted octanol–water partition coefficient (Wildman–Crippen LogP) is 4.48. The van der Waals surface area contributed by atoms with Crippen molar-refractivity contribution >= 4 is 5.91 Å². The number of nitrogens with one attached hydrogen (secondary N) is 1. The molecule has 2 aromatic carbocycles. The van der Waals surface area contributed by atoms with Gasteiger partial charge in [-0.25, -0.2) is 4.39 Å². The average Bonchev–Trinajstić information content (AvgIpc) is 2.56. The average molecular weight is 329 g/mol. The fraction of sp³-hybridized carbons (Fsp3) is 0.350. The number of benzene rings is 2. The molecule has 1 amide bonds. The highest BCUT2D eigenvalue weighted by molar-refractivity contribution is 5.81. The Balaban J connectivity index is 2.05. The molecular weight excluding hydrogens is 305 g/mol. The van der Waals surface area contributed by atoms with Gasteiger partial charge in [-0.05, 0) is 62.6 Å². The molecular formula is C20H24FNO2. The van der Waals surface area contributed by atoms with E-state index in [2.05, 4.69) is 23.5 Å². The zero-order valence-corrected chi connectivity index (χ0v) is 14.6. The van der Waals surface area contributed by atoms with Crippen LogP contribution in [0.4, 0.5) is 4.39 Å². The molecule has 2 rings (SSSR count). The van der Waals surface area contributed by atoms with Gasteiger partial charge < -0.3 is 10.1 Å². The van der Waals surface area contributed by atoms with Gasteiger partial charge in [-0.1, -0.05) is 30.7 Å². The summed E-state index contributed by atoms with van der Waals surface area (Å²) in [5.74, 6) is -0.0172. The van der Waals surface area contributed by atoms with Crippen LogP contribution in [0.2, 0.25) is 0 Å². The zero-order valence-electron chi connectivity index (χ0n) is 14.6. The van der Waals surface area contributed by atoms with E-state index in [1.165, 1.54) is 24.3 Å². The second kappa shape index (κ2) is 7.95. The number of ether oxygens (including phenoxy) is 1. The maximum atomic E-state index is 13.0. The van der Waals surface area contributed by atoms with Crippen LogP contribution in [0.15, 0.2) is 42.5 Å². The van der Waals surface area contributed by atoms with E-state index in [0.29, 0.717) is 12.2 Å². The Kier molecular flexibility index (Phi) is 5.96. The number of rotatable bonds is 6. The summed E-state index contributed by atoms with van der Waals surface area (Å²) in [5, 5.41) is 3.01. The van der Waals surface area contributed by atoms with Crippen molar-refractivity contribution in [1.29, 1.82) is 0 Å². The van der Waals surface area contributed by atoms with Crippen molar-refractivity contribution in [3.63, 3.8) is 0 Å². The van der Waals surface area contributed by atoms with Gasteiger partial charge in [-0.2, -0.15) is 0 Å². The maximum absolute atomic E-state index is 13.0. The molecule has 2 atom stereocenters. The first-order valence-corrected chi connectivity index (χ1v) is 8.20. The van der Waals surface area contributed by atoms with Crippen LogP contribution in [0.5, 0.6) is 5.75 Å². The molecule has 0 bridgehead atoms. The van der Waals surface area contributed by atoms with Crippen LogP contribution in [-0.2, 0) is 4.79 Å². The molecule has 0 saturated carbocycles. The SMILES string of the molecule is CC[C@H](Oc1ccc(F)cc1)C(=O)N[C@@H](C)c1cc(C)ccc1C. The van der Waals surface area contributed by atoms with Gasteiger partial charge in [-0.15, -0.1) is 0 Å². The van der Waals surface area contributed by atoms with Gasteiger partial charge in [-0.3, -0.25) is 4.79 Å². The van der Waals surface area contributed by atoms with Crippen LogP contribution in [0.1, 0.15) is 43.0 Å². The van der Waals surface area contributed by atoms with Gasteiger partial charge in [0.1, 0.15) is 11.6 Å². The van der Waals surface area contributed by atoms with Crippen LogP contribution >= 0.6 is 0 Å². The lowest BCUT2D eigenvalue weighted by Crippen LogP contribution is -2.39. The van der Waals surface area contributed by atoms with Crippen LogP contribution in [0, 0.1) is 19.7 Å². The molecule has 4 heteroatoms. The number of carbonyl (C=O) groups is 1. The lowest BCUT2D eigenvalue weighted by molar-refractivity contribution is -0.128. The molecule has 0 spiro atoms. The molecule has 0 saturated heterocycles. The summed E-state index contributed by atoms with van der Waals surface area (Å²) >= 11 is 0. The number of halogens is 1. The summed E-state index contributed by atoms with van der Waals surface area (Å²) in [5.41, 5.74) is 3.40. The summed E-state index contributed by atoms with van der Waals surface area (Å²) in [4.78, 5) is 12.5.